The summed E-state index contributed by atoms with van der Waals surface area (Å²) in [6.07, 6.45) is 0. The molecular weight excluding hydrogens is 352 g/mol. The summed E-state index contributed by atoms with van der Waals surface area (Å²) < 4.78 is 0. The molecule has 28 heavy (non-hydrogen) atoms. The van der Waals surface area contributed by atoms with E-state index in [-0.39, 0.29) is 11.9 Å². The number of aromatic amines is 1. The fraction of sp³-hybridized carbons (Fsp3) is 0.0909. The topological polar surface area (TPSA) is 100 Å². The lowest BCUT2D eigenvalue weighted by Gasteiger charge is -2.14. The van der Waals surface area contributed by atoms with Gasteiger partial charge in [-0.05, 0) is 47.5 Å². The van der Waals surface area contributed by atoms with Crippen LogP contribution in [0.5, 0.6) is 0 Å². The molecule has 0 aliphatic rings. The molecule has 0 spiro atoms. The van der Waals surface area contributed by atoms with E-state index in [9.17, 15) is 9.59 Å². The van der Waals surface area contributed by atoms with Crippen LogP contribution in [-0.2, 0) is 0 Å². The Kier molecular flexibility index (Phi) is 4.45. The number of aromatic nitrogens is 1. The fourth-order valence-electron chi connectivity index (χ4n) is 3.36. The van der Waals surface area contributed by atoms with E-state index >= 15 is 0 Å². The van der Waals surface area contributed by atoms with Gasteiger partial charge in [-0.1, -0.05) is 42.5 Å². The normalized spacial score (nSPS) is 12.0. The van der Waals surface area contributed by atoms with Gasteiger partial charge in [0.1, 0.15) is 5.69 Å². The molecule has 1 aromatic heterocycles. The second-order valence-electron chi connectivity index (χ2n) is 6.74. The average molecular weight is 372 g/mol. The number of urea groups is 1. The SMILES string of the molecule is CC(NC(=O)c1cc2c(ccc3ccccc32)[nH]1)c1ccc(NC(N)=O)cc1. The molecule has 1 unspecified atom stereocenters. The van der Waals surface area contributed by atoms with Crippen molar-refractivity contribution in [1.29, 1.82) is 0 Å². The minimum absolute atomic E-state index is 0.174. The molecule has 0 aliphatic heterocycles. The highest BCUT2D eigenvalue weighted by Crippen LogP contribution is 2.26. The zero-order valence-electron chi connectivity index (χ0n) is 15.3. The van der Waals surface area contributed by atoms with Crippen LogP contribution in [0.3, 0.4) is 0 Å². The van der Waals surface area contributed by atoms with E-state index in [0.717, 1.165) is 27.2 Å². The van der Waals surface area contributed by atoms with Crippen LogP contribution in [-0.4, -0.2) is 16.9 Å². The number of anilines is 1. The molecule has 0 saturated heterocycles. The fourth-order valence-corrected chi connectivity index (χ4v) is 3.36. The number of nitrogens with one attached hydrogen (secondary N) is 3. The summed E-state index contributed by atoms with van der Waals surface area (Å²) in [6.45, 7) is 1.91. The van der Waals surface area contributed by atoms with Crippen molar-refractivity contribution in [2.75, 3.05) is 5.32 Å². The predicted octanol–water partition coefficient (Wildman–Crippen LogP) is 4.30. The van der Waals surface area contributed by atoms with E-state index in [2.05, 4.69) is 27.8 Å². The molecule has 0 fully saturated rings. The van der Waals surface area contributed by atoms with Crippen LogP contribution in [0.1, 0.15) is 29.0 Å². The van der Waals surface area contributed by atoms with E-state index in [4.69, 9.17) is 5.73 Å². The Hall–Kier alpha value is -3.80. The number of hydrogen-bond acceptors (Lipinski definition) is 2. The molecule has 3 amide bonds. The lowest BCUT2D eigenvalue weighted by Crippen LogP contribution is -2.27. The number of carbonyl (C=O) groups excluding carboxylic acids is 2. The van der Waals surface area contributed by atoms with Crippen molar-refractivity contribution in [2.24, 2.45) is 5.73 Å². The first-order chi connectivity index (χ1) is 13.5. The third-order valence-electron chi connectivity index (χ3n) is 4.80. The van der Waals surface area contributed by atoms with Gasteiger partial charge in [0, 0.05) is 16.6 Å². The third kappa shape index (κ3) is 3.40. The lowest BCUT2D eigenvalue weighted by molar-refractivity contribution is 0.0935. The van der Waals surface area contributed by atoms with Crippen molar-refractivity contribution < 1.29 is 9.59 Å². The Labute approximate surface area is 161 Å². The summed E-state index contributed by atoms with van der Waals surface area (Å²) in [7, 11) is 0. The van der Waals surface area contributed by atoms with Gasteiger partial charge < -0.3 is 21.4 Å². The minimum Gasteiger partial charge on any atom is -0.351 e. The van der Waals surface area contributed by atoms with Crippen LogP contribution in [0.25, 0.3) is 21.7 Å². The largest absolute Gasteiger partial charge is 0.351 e. The van der Waals surface area contributed by atoms with Crippen LogP contribution >= 0.6 is 0 Å². The first kappa shape index (κ1) is 17.6. The molecular formula is C22H20N4O2. The molecule has 6 nitrogen and oxygen atoms in total. The van der Waals surface area contributed by atoms with Gasteiger partial charge in [0.05, 0.1) is 6.04 Å². The minimum atomic E-state index is -0.611. The lowest BCUT2D eigenvalue weighted by atomic mass is 10.1. The van der Waals surface area contributed by atoms with E-state index in [0.29, 0.717) is 11.4 Å². The Morgan fingerprint density at radius 2 is 1.71 bits per heavy atom. The first-order valence-electron chi connectivity index (χ1n) is 8.99. The van der Waals surface area contributed by atoms with Crippen LogP contribution in [0.15, 0.2) is 66.7 Å². The van der Waals surface area contributed by atoms with Crippen molar-refractivity contribution >= 4 is 39.3 Å². The molecule has 0 saturated carbocycles. The van der Waals surface area contributed by atoms with Crippen LogP contribution in [0.4, 0.5) is 10.5 Å². The Bertz CT molecular complexity index is 1180. The van der Waals surface area contributed by atoms with Crippen LogP contribution < -0.4 is 16.4 Å². The maximum absolute atomic E-state index is 12.7. The second kappa shape index (κ2) is 7.08. The van der Waals surface area contributed by atoms with Crippen molar-refractivity contribution in [3.8, 4) is 0 Å². The molecule has 140 valence electrons. The molecule has 0 radical (unpaired) electrons. The number of hydrogen-bond donors (Lipinski definition) is 4. The van der Waals surface area contributed by atoms with Gasteiger partial charge in [-0.15, -0.1) is 0 Å². The van der Waals surface area contributed by atoms with Crippen LogP contribution in [0.2, 0.25) is 0 Å². The molecule has 6 heteroatoms. The maximum atomic E-state index is 12.7. The van der Waals surface area contributed by atoms with E-state index in [1.54, 1.807) is 12.1 Å². The van der Waals surface area contributed by atoms with Gasteiger partial charge >= 0.3 is 6.03 Å². The van der Waals surface area contributed by atoms with Crippen LogP contribution in [0, 0.1) is 0 Å². The highest BCUT2D eigenvalue weighted by molar-refractivity contribution is 6.09. The number of benzene rings is 3. The monoisotopic (exact) mass is 372 g/mol. The Morgan fingerprint density at radius 3 is 2.46 bits per heavy atom. The molecule has 0 aliphatic carbocycles. The highest BCUT2D eigenvalue weighted by atomic mass is 16.2. The Balaban J connectivity index is 1.54. The summed E-state index contributed by atoms with van der Waals surface area (Å²) >= 11 is 0. The van der Waals surface area contributed by atoms with Gasteiger partial charge in [-0.3, -0.25) is 4.79 Å². The van der Waals surface area contributed by atoms with Gasteiger partial charge in [0.2, 0.25) is 0 Å². The number of carbonyl (C=O) groups is 2. The third-order valence-corrected chi connectivity index (χ3v) is 4.80. The standard InChI is InChI=1S/C22H20N4O2/c1-13(14-6-9-16(10-7-14)25-22(23)28)24-21(27)20-12-18-17-5-3-2-4-15(17)8-11-19(18)26-20/h2-13,26H,1H3,(H,24,27)(H3,23,25,28). The number of nitrogens with two attached hydrogens (primary N) is 1. The molecule has 4 rings (SSSR count). The summed E-state index contributed by atoms with van der Waals surface area (Å²) in [4.78, 5) is 26.8. The smallest absolute Gasteiger partial charge is 0.316 e. The predicted molar refractivity (Wildman–Crippen MR) is 111 cm³/mol. The summed E-state index contributed by atoms with van der Waals surface area (Å²) in [5.41, 5.74) is 8.09. The Morgan fingerprint density at radius 1 is 0.964 bits per heavy atom. The number of fused-ring (bicyclic) bond motifs is 3. The molecule has 5 N–H and O–H groups in total. The molecule has 4 aromatic rings. The molecule has 0 bridgehead atoms. The summed E-state index contributed by atoms with van der Waals surface area (Å²) in [5.74, 6) is -0.174. The van der Waals surface area contributed by atoms with E-state index in [1.807, 2.05) is 49.4 Å². The van der Waals surface area contributed by atoms with Gasteiger partial charge in [0.15, 0.2) is 0 Å². The van der Waals surface area contributed by atoms with Crippen molar-refractivity contribution in [1.82, 2.24) is 10.3 Å². The van der Waals surface area contributed by atoms with Crippen molar-refractivity contribution in [3.05, 3.63) is 78.0 Å². The number of amides is 3. The van der Waals surface area contributed by atoms with Crippen molar-refractivity contribution in [3.63, 3.8) is 0 Å². The molecule has 3 aromatic carbocycles. The quantitative estimate of drug-likeness (QED) is 0.429. The van der Waals surface area contributed by atoms with Gasteiger partial charge in [-0.2, -0.15) is 0 Å². The highest BCUT2D eigenvalue weighted by Gasteiger charge is 2.15. The van der Waals surface area contributed by atoms with Gasteiger partial charge in [-0.25, -0.2) is 4.79 Å². The number of H-pyrrole nitrogens is 1. The summed E-state index contributed by atoms with van der Waals surface area (Å²) in [5, 5.41) is 8.79. The maximum Gasteiger partial charge on any atom is 0.316 e. The average Bonchev–Trinajstić information content (AvgIpc) is 3.13. The summed E-state index contributed by atoms with van der Waals surface area (Å²) in [6, 6.07) is 20.4. The van der Waals surface area contributed by atoms with E-state index < -0.39 is 6.03 Å². The molecule has 1 heterocycles. The molecule has 1 atom stereocenters. The number of primary amides is 1. The second-order valence-corrected chi connectivity index (χ2v) is 6.74. The first-order valence-corrected chi connectivity index (χ1v) is 8.99. The zero-order valence-corrected chi connectivity index (χ0v) is 15.3. The van der Waals surface area contributed by atoms with E-state index in [1.165, 1.54) is 0 Å². The van der Waals surface area contributed by atoms with Gasteiger partial charge in [0.25, 0.3) is 5.91 Å². The zero-order chi connectivity index (χ0) is 19.7. The number of rotatable bonds is 4. The van der Waals surface area contributed by atoms with Crippen molar-refractivity contribution in [2.45, 2.75) is 13.0 Å².